The standard InChI is InChI=1S/C44H31NO2/c1-26-22-27(2)44(45-36-14-8-6-12-31(36)32-13-7-9-15-37(32)45)33(23-26)30-17-19-39-35(25-30)43-41(47-39)21-20-40-42(43)34-24-29(16-18-38(34)46-40)28-10-4-3-5-11-28/h3-25,27,44H,1-2H3. The first-order valence-electron chi connectivity index (χ1n) is 16.4. The topological polar surface area (TPSA) is 31.2 Å². The van der Waals surface area contributed by atoms with Crippen LogP contribution in [0.4, 0.5) is 0 Å². The maximum absolute atomic E-state index is 6.51. The third-order valence-electron chi connectivity index (χ3n) is 10.1. The van der Waals surface area contributed by atoms with E-state index in [9.17, 15) is 0 Å². The Labute approximate surface area is 271 Å². The maximum Gasteiger partial charge on any atom is 0.136 e. The van der Waals surface area contributed by atoms with Gasteiger partial charge in [-0.3, -0.25) is 0 Å². The fourth-order valence-electron chi connectivity index (χ4n) is 8.17. The average molecular weight is 606 g/mol. The predicted octanol–water partition coefficient (Wildman–Crippen LogP) is 12.5. The van der Waals surface area contributed by atoms with E-state index in [0.717, 1.165) is 43.9 Å². The summed E-state index contributed by atoms with van der Waals surface area (Å²) in [5.74, 6) is 0.298. The third kappa shape index (κ3) is 3.86. The molecule has 10 rings (SSSR count). The zero-order valence-corrected chi connectivity index (χ0v) is 26.2. The minimum atomic E-state index is 0.127. The van der Waals surface area contributed by atoms with Crippen molar-refractivity contribution in [2.75, 3.05) is 0 Å². The first kappa shape index (κ1) is 26.4. The molecule has 0 amide bonds. The van der Waals surface area contributed by atoms with Crippen LogP contribution in [-0.4, -0.2) is 4.57 Å². The van der Waals surface area contributed by atoms with Crippen LogP contribution in [0.15, 0.2) is 154 Å². The lowest BCUT2D eigenvalue weighted by molar-refractivity contribution is 0.521. The predicted molar refractivity (Wildman–Crippen MR) is 196 cm³/mol. The van der Waals surface area contributed by atoms with E-state index in [2.05, 4.69) is 146 Å². The molecule has 0 N–H and O–H groups in total. The number of hydrogen-bond acceptors (Lipinski definition) is 2. The molecule has 6 aromatic carbocycles. The summed E-state index contributed by atoms with van der Waals surface area (Å²) in [5, 5.41) is 7.01. The van der Waals surface area contributed by atoms with Crippen molar-refractivity contribution in [2.45, 2.75) is 19.9 Å². The van der Waals surface area contributed by atoms with Gasteiger partial charge in [-0.25, -0.2) is 0 Å². The van der Waals surface area contributed by atoms with E-state index in [1.807, 2.05) is 12.1 Å². The molecule has 3 heterocycles. The molecule has 3 aromatic heterocycles. The van der Waals surface area contributed by atoms with Gasteiger partial charge in [-0.15, -0.1) is 0 Å². The van der Waals surface area contributed by atoms with E-state index >= 15 is 0 Å². The van der Waals surface area contributed by atoms with Crippen LogP contribution >= 0.6 is 0 Å². The number of aromatic nitrogens is 1. The molecule has 1 aliphatic rings. The van der Waals surface area contributed by atoms with Crippen LogP contribution < -0.4 is 0 Å². The van der Waals surface area contributed by atoms with Crippen molar-refractivity contribution in [1.82, 2.24) is 4.57 Å². The van der Waals surface area contributed by atoms with Gasteiger partial charge in [0, 0.05) is 43.4 Å². The number of benzene rings is 6. The van der Waals surface area contributed by atoms with E-state index in [0.29, 0.717) is 5.92 Å². The molecule has 0 aliphatic heterocycles. The summed E-state index contributed by atoms with van der Waals surface area (Å²) in [6.07, 6.45) is 4.79. The Kier molecular flexibility index (Phi) is 5.54. The molecule has 2 unspecified atom stereocenters. The van der Waals surface area contributed by atoms with Crippen LogP contribution in [0.1, 0.15) is 25.5 Å². The Hall–Kier alpha value is -5.80. The number of hydrogen-bond donors (Lipinski definition) is 0. The van der Waals surface area contributed by atoms with Crippen LogP contribution in [0.2, 0.25) is 0 Å². The lowest BCUT2D eigenvalue weighted by Crippen LogP contribution is -2.20. The van der Waals surface area contributed by atoms with Gasteiger partial charge < -0.3 is 13.4 Å². The van der Waals surface area contributed by atoms with Crippen molar-refractivity contribution in [3.8, 4) is 11.1 Å². The highest BCUT2D eigenvalue weighted by Crippen LogP contribution is 2.46. The molecule has 3 nitrogen and oxygen atoms in total. The summed E-state index contributed by atoms with van der Waals surface area (Å²) in [7, 11) is 0. The number of rotatable bonds is 3. The number of allylic oxidation sites excluding steroid dienone is 4. The number of para-hydroxylation sites is 2. The van der Waals surface area contributed by atoms with Crippen molar-refractivity contribution in [2.24, 2.45) is 5.92 Å². The zero-order valence-electron chi connectivity index (χ0n) is 26.2. The van der Waals surface area contributed by atoms with Crippen molar-refractivity contribution >= 4 is 71.3 Å². The normalized spacial score (nSPS) is 17.0. The van der Waals surface area contributed by atoms with Crippen molar-refractivity contribution in [3.63, 3.8) is 0 Å². The second-order valence-electron chi connectivity index (χ2n) is 13.0. The molecule has 2 atom stereocenters. The Morgan fingerprint density at radius 1 is 0.511 bits per heavy atom. The highest BCUT2D eigenvalue weighted by atomic mass is 16.3. The van der Waals surface area contributed by atoms with E-state index in [4.69, 9.17) is 8.83 Å². The van der Waals surface area contributed by atoms with Crippen LogP contribution in [0, 0.1) is 5.92 Å². The second-order valence-corrected chi connectivity index (χ2v) is 13.0. The van der Waals surface area contributed by atoms with Crippen molar-refractivity contribution in [3.05, 3.63) is 151 Å². The highest BCUT2D eigenvalue weighted by molar-refractivity contribution is 6.26. The van der Waals surface area contributed by atoms with Gasteiger partial charge in [0.1, 0.15) is 22.3 Å². The molecule has 47 heavy (non-hydrogen) atoms. The molecule has 0 fully saturated rings. The molecule has 0 saturated heterocycles. The smallest absolute Gasteiger partial charge is 0.136 e. The fraction of sp³-hybridized carbons (Fsp3) is 0.0909. The van der Waals surface area contributed by atoms with Gasteiger partial charge in [-0.2, -0.15) is 0 Å². The first-order chi connectivity index (χ1) is 23.1. The van der Waals surface area contributed by atoms with Crippen molar-refractivity contribution in [1.29, 1.82) is 0 Å². The minimum Gasteiger partial charge on any atom is -0.456 e. The molecule has 224 valence electrons. The lowest BCUT2D eigenvalue weighted by Gasteiger charge is -2.32. The van der Waals surface area contributed by atoms with Crippen molar-refractivity contribution < 1.29 is 8.83 Å². The number of furan rings is 2. The molecular weight excluding hydrogens is 574 g/mol. The molecule has 0 bridgehead atoms. The highest BCUT2D eigenvalue weighted by Gasteiger charge is 2.30. The molecule has 3 heteroatoms. The Bertz CT molecular complexity index is 2710. The minimum absolute atomic E-state index is 0.127. The average Bonchev–Trinajstić information content (AvgIpc) is 3.77. The Morgan fingerprint density at radius 2 is 1.04 bits per heavy atom. The van der Waals surface area contributed by atoms with Gasteiger partial charge in [-0.05, 0) is 83.6 Å². The lowest BCUT2D eigenvalue weighted by atomic mass is 9.82. The van der Waals surface area contributed by atoms with Gasteiger partial charge in [-0.1, -0.05) is 104 Å². The first-order valence-corrected chi connectivity index (χ1v) is 16.4. The quantitative estimate of drug-likeness (QED) is 0.201. The summed E-state index contributed by atoms with van der Waals surface area (Å²) in [4.78, 5) is 0. The summed E-state index contributed by atoms with van der Waals surface area (Å²) < 4.78 is 15.5. The summed E-state index contributed by atoms with van der Waals surface area (Å²) >= 11 is 0. The summed E-state index contributed by atoms with van der Waals surface area (Å²) in [6, 6.07) is 45.6. The van der Waals surface area contributed by atoms with Gasteiger partial charge in [0.05, 0.1) is 6.04 Å². The largest absolute Gasteiger partial charge is 0.456 e. The zero-order chi connectivity index (χ0) is 31.2. The maximum atomic E-state index is 6.51. The summed E-state index contributed by atoms with van der Waals surface area (Å²) in [5.41, 5.74) is 12.2. The molecule has 1 aliphatic carbocycles. The summed E-state index contributed by atoms with van der Waals surface area (Å²) in [6.45, 7) is 4.57. The van der Waals surface area contributed by atoms with E-state index in [1.165, 1.54) is 49.6 Å². The molecule has 0 saturated carbocycles. The van der Waals surface area contributed by atoms with Gasteiger partial charge in [0.25, 0.3) is 0 Å². The van der Waals surface area contributed by atoms with Gasteiger partial charge in [0.15, 0.2) is 0 Å². The van der Waals surface area contributed by atoms with E-state index in [-0.39, 0.29) is 6.04 Å². The molecule has 0 spiro atoms. The monoisotopic (exact) mass is 605 g/mol. The van der Waals surface area contributed by atoms with Crippen LogP contribution in [0.5, 0.6) is 0 Å². The van der Waals surface area contributed by atoms with Gasteiger partial charge in [0.2, 0.25) is 0 Å². The Balaban J connectivity index is 1.22. The molecule has 0 radical (unpaired) electrons. The molecular formula is C44H31NO2. The fourth-order valence-corrected chi connectivity index (χ4v) is 8.17. The second kappa shape index (κ2) is 9.85. The SMILES string of the molecule is CC1=CC(C)C(n2c3ccccc3c3ccccc32)C(c2ccc3oc4ccc5oc6ccc(-c7ccccc7)cc6c5c4c3c2)=C1. The van der Waals surface area contributed by atoms with Crippen LogP contribution in [0.3, 0.4) is 0 Å². The van der Waals surface area contributed by atoms with Crippen LogP contribution in [-0.2, 0) is 0 Å². The van der Waals surface area contributed by atoms with E-state index < -0.39 is 0 Å². The Morgan fingerprint density at radius 3 is 1.68 bits per heavy atom. The van der Waals surface area contributed by atoms with Gasteiger partial charge >= 0.3 is 0 Å². The van der Waals surface area contributed by atoms with Crippen LogP contribution in [0.25, 0.3) is 82.4 Å². The number of fused-ring (bicyclic) bond motifs is 10. The number of nitrogens with zero attached hydrogens (tertiary/aromatic N) is 1. The van der Waals surface area contributed by atoms with E-state index in [1.54, 1.807) is 0 Å². The third-order valence-corrected chi connectivity index (χ3v) is 10.1. The molecule has 9 aromatic rings.